The van der Waals surface area contributed by atoms with E-state index in [9.17, 15) is 14.0 Å². The molecule has 0 saturated heterocycles. The third-order valence-corrected chi connectivity index (χ3v) is 2.96. The van der Waals surface area contributed by atoms with E-state index in [1.54, 1.807) is 24.3 Å². The van der Waals surface area contributed by atoms with E-state index in [0.717, 1.165) is 0 Å². The van der Waals surface area contributed by atoms with Crippen LogP contribution in [0.3, 0.4) is 0 Å². The van der Waals surface area contributed by atoms with Crippen molar-refractivity contribution in [3.63, 3.8) is 0 Å². The largest absolute Gasteiger partial charge is 0.494 e. The molecule has 2 aromatic rings. The zero-order chi connectivity index (χ0) is 16.8. The van der Waals surface area contributed by atoms with E-state index in [1.165, 1.54) is 25.1 Å². The minimum Gasteiger partial charge on any atom is -0.494 e. The van der Waals surface area contributed by atoms with E-state index in [-0.39, 0.29) is 17.5 Å². The maximum atomic E-state index is 13.6. The Labute approximate surface area is 133 Å². The van der Waals surface area contributed by atoms with Gasteiger partial charge in [-0.3, -0.25) is 9.59 Å². The topological polar surface area (TPSA) is 67.4 Å². The maximum Gasteiger partial charge on any atom is 0.255 e. The summed E-state index contributed by atoms with van der Waals surface area (Å²) in [7, 11) is 0. The number of nitrogens with one attached hydrogen (secondary N) is 2. The average Bonchev–Trinajstić information content (AvgIpc) is 2.51. The van der Waals surface area contributed by atoms with Crippen LogP contribution in [0.5, 0.6) is 5.75 Å². The van der Waals surface area contributed by atoms with Gasteiger partial charge in [-0.1, -0.05) is 0 Å². The van der Waals surface area contributed by atoms with Crippen LogP contribution in [0.1, 0.15) is 24.2 Å². The van der Waals surface area contributed by atoms with E-state index in [1.807, 2.05) is 6.92 Å². The summed E-state index contributed by atoms with van der Waals surface area (Å²) in [5, 5.41) is 5.02. The number of carbonyl (C=O) groups excluding carboxylic acids is 2. The van der Waals surface area contributed by atoms with Gasteiger partial charge in [-0.2, -0.15) is 0 Å². The molecule has 0 bridgehead atoms. The van der Waals surface area contributed by atoms with E-state index < -0.39 is 5.82 Å². The van der Waals surface area contributed by atoms with Crippen LogP contribution in [0.25, 0.3) is 0 Å². The summed E-state index contributed by atoms with van der Waals surface area (Å²) in [5.74, 6) is -0.620. The molecule has 0 radical (unpaired) electrons. The molecule has 0 aliphatic carbocycles. The summed E-state index contributed by atoms with van der Waals surface area (Å²) < 4.78 is 18.9. The zero-order valence-electron chi connectivity index (χ0n) is 12.9. The van der Waals surface area contributed by atoms with Crippen molar-refractivity contribution in [3.05, 3.63) is 53.8 Å². The van der Waals surface area contributed by atoms with Crippen LogP contribution in [0.15, 0.2) is 42.5 Å². The fraction of sp³-hybridized carbons (Fsp3) is 0.176. The molecule has 2 N–H and O–H groups in total. The van der Waals surface area contributed by atoms with Crippen LogP contribution in [0.4, 0.5) is 15.8 Å². The van der Waals surface area contributed by atoms with Crippen molar-refractivity contribution in [2.24, 2.45) is 0 Å². The Morgan fingerprint density at radius 1 is 1.09 bits per heavy atom. The van der Waals surface area contributed by atoms with Gasteiger partial charge in [0.1, 0.15) is 11.6 Å². The lowest BCUT2D eigenvalue weighted by atomic mass is 10.2. The summed E-state index contributed by atoms with van der Waals surface area (Å²) >= 11 is 0. The molecular formula is C17H17FN2O3. The molecule has 0 saturated carbocycles. The minimum absolute atomic E-state index is 0.0157. The molecule has 0 aliphatic rings. The predicted octanol–water partition coefficient (Wildman–Crippen LogP) is 3.44. The van der Waals surface area contributed by atoms with Gasteiger partial charge in [0, 0.05) is 18.2 Å². The summed E-state index contributed by atoms with van der Waals surface area (Å²) in [5.41, 5.74) is 0.842. The molecule has 120 valence electrons. The zero-order valence-corrected chi connectivity index (χ0v) is 12.9. The van der Waals surface area contributed by atoms with Gasteiger partial charge in [0.2, 0.25) is 5.91 Å². The first-order chi connectivity index (χ1) is 11.0. The molecule has 0 aromatic heterocycles. The highest BCUT2D eigenvalue weighted by Crippen LogP contribution is 2.20. The fourth-order valence-corrected chi connectivity index (χ4v) is 1.96. The van der Waals surface area contributed by atoms with Gasteiger partial charge in [0.05, 0.1) is 12.3 Å². The van der Waals surface area contributed by atoms with E-state index in [0.29, 0.717) is 23.6 Å². The number of hydrogen-bond acceptors (Lipinski definition) is 3. The summed E-state index contributed by atoms with van der Waals surface area (Å²) in [6, 6.07) is 10.6. The predicted molar refractivity (Wildman–Crippen MR) is 86.3 cm³/mol. The van der Waals surface area contributed by atoms with Crippen molar-refractivity contribution in [2.45, 2.75) is 13.8 Å². The molecular weight excluding hydrogens is 299 g/mol. The third kappa shape index (κ3) is 4.54. The van der Waals surface area contributed by atoms with E-state index >= 15 is 0 Å². The molecule has 2 aromatic carbocycles. The lowest BCUT2D eigenvalue weighted by Gasteiger charge is -2.09. The monoisotopic (exact) mass is 316 g/mol. The second-order valence-corrected chi connectivity index (χ2v) is 4.79. The fourth-order valence-electron chi connectivity index (χ4n) is 1.96. The Morgan fingerprint density at radius 2 is 1.78 bits per heavy atom. The van der Waals surface area contributed by atoms with Gasteiger partial charge in [-0.05, 0) is 49.4 Å². The summed E-state index contributed by atoms with van der Waals surface area (Å²) in [6.45, 7) is 3.71. The van der Waals surface area contributed by atoms with Crippen molar-refractivity contribution in [1.82, 2.24) is 0 Å². The number of hydrogen-bond donors (Lipinski definition) is 2. The first-order valence-corrected chi connectivity index (χ1v) is 7.11. The Kier molecular flexibility index (Phi) is 5.30. The van der Waals surface area contributed by atoms with Gasteiger partial charge < -0.3 is 15.4 Å². The van der Waals surface area contributed by atoms with Gasteiger partial charge in [-0.15, -0.1) is 0 Å². The maximum absolute atomic E-state index is 13.6. The second-order valence-electron chi connectivity index (χ2n) is 4.79. The van der Waals surface area contributed by atoms with Crippen LogP contribution in [0.2, 0.25) is 0 Å². The van der Waals surface area contributed by atoms with Crippen LogP contribution >= 0.6 is 0 Å². The first-order valence-electron chi connectivity index (χ1n) is 7.11. The van der Waals surface area contributed by atoms with Crippen LogP contribution < -0.4 is 15.4 Å². The number of carbonyl (C=O) groups is 2. The van der Waals surface area contributed by atoms with Crippen molar-refractivity contribution in [1.29, 1.82) is 0 Å². The highest BCUT2D eigenvalue weighted by Gasteiger charge is 2.09. The third-order valence-electron chi connectivity index (χ3n) is 2.96. The van der Waals surface area contributed by atoms with Gasteiger partial charge in [0.15, 0.2) is 0 Å². The lowest BCUT2D eigenvalue weighted by molar-refractivity contribution is -0.114. The van der Waals surface area contributed by atoms with Crippen LogP contribution in [-0.4, -0.2) is 18.4 Å². The molecule has 0 spiro atoms. The van der Waals surface area contributed by atoms with Gasteiger partial charge in [0.25, 0.3) is 5.91 Å². The first kappa shape index (κ1) is 16.5. The summed E-state index contributed by atoms with van der Waals surface area (Å²) in [4.78, 5) is 23.2. The number of benzene rings is 2. The minimum atomic E-state index is -0.570. The quantitative estimate of drug-likeness (QED) is 0.888. The number of ether oxygens (including phenoxy) is 1. The molecule has 2 rings (SSSR count). The molecule has 0 aliphatic heterocycles. The normalized spacial score (nSPS) is 10.0. The molecule has 23 heavy (non-hydrogen) atoms. The highest BCUT2D eigenvalue weighted by atomic mass is 19.1. The van der Waals surface area contributed by atoms with Crippen LogP contribution in [0, 0.1) is 5.82 Å². The van der Waals surface area contributed by atoms with Crippen molar-refractivity contribution in [3.8, 4) is 5.75 Å². The highest BCUT2D eigenvalue weighted by molar-refractivity contribution is 6.04. The van der Waals surface area contributed by atoms with E-state index in [4.69, 9.17) is 4.74 Å². The molecule has 0 fully saturated rings. The molecule has 2 amide bonds. The Balaban J connectivity index is 2.11. The Bertz CT molecular complexity index is 714. The molecule has 5 nitrogen and oxygen atoms in total. The number of rotatable bonds is 5. The summed E-state index contributed by atoms with van der Waals surface area (Å²) in [6.07, 6.45) is 0. The van der Waals surface area contributed by atoms with Crippen molar-refractivity contribution < 1.29 is 18.7 Å². The van der Waals surface area contributed by atoms with Crippen molar-refractivity contribution in [2.75, 3.05) is 17.2 Å². The Hall–Kier alpha value is -2.89. The number of amides is 2. The SMILES string of the molecule is CCOc1ccc(C(=O)Nc2ccc(F)c(NC(C)=O)c2)cc1. The molecule has 0 heterocycles. The van der Waals surface area contributed by atoms with E-state index in [2.05, 4.69) is 10.6 Å². The molecule has 6 heteroatoms. The number of anilines is 2. The second kappa shape index (κ2) is 7.40. The van der Waals surface area contributed by atoms with Gasteiger partial charge in [-0.25, -0.2) is 4.39 Å². The smallest absolute Gasteiger partial charge is 0.255 e. The van der Waals surface area contributed by atoms with Gasteiger partial charge >= 0.3 is 0 Å². The number of halogens is 1. The Morgan fingerprint density at radius 3 is 2.39 bits per heavy atom. The standard InChI is InChI=1S/C17H17FN2O3/c1-3-23-14-7-4-12(5-8-14)17(22)20-13-6-9-15(18)16(10-13)19-11(2)21/h4-10H,3H2,1-2H3,(H,19,21)(H,20,22). The van der Waals surface area contributed by atoms with Crippen molar-refractivity contribution >= 4 is 23.2 Å². The molecule has 0 atom stereocenters. The molecule has 0 unspecified atom stereocenters. The average molecular weight is 316 g/mol. The lowest BCUT2D eigenvalue weighted by Crippen LogP contribution is -2.13. The van der Waals surface area contributed by atoms with Crippen LogP contribution in [-0.2, 0) is 4.79 Å².